The van der Waals surface area contributed by atoms with Gasteiger partial charge in [0, 0.05) is 114 Å². The normalized spacial score (nSPS) is 15.3. The Morgan fingerprint density at radius 1 is 1.09 bits per heavy atom. The fraction of sp³-hybridized carbons (Fsp3) is 0.0667. The van der Waals surface area contributed by atoms with Gasteiger partial charge in [0.2, 0.25) is 0 Å². The largest absolute Gasteiger partial charge is 0.480 e. The van der Waals surface area contributed by atoms with E-state index >= 15 is 0 Å². The van der Waals surface area contributed by atoms with Crippen molar-refractivity contribution in [3.63, 3.8) is 0 Å². The molecule has 1 heterocycles. The number of hydrogen-bond donors (Lipinski definition) is 2. The van der Waals surface area contributed by atoms with Crippen LogP contribution in [0.2, 0.25) is 0 Å². The van der Waals surface area contributed by atoms with E-state index in [0.29, 0.717) is 16.6 Å². The van der Waals surface area contributed by atoms with Crippen LogP contribution in [-0.4, -0.2) is 136 Å². The molecule has 2 N–H and O–H groups in total. The topological polar surface area (TPSA) is 105 Å². The minimum absolute atomic E-state index is 0. The van der Waals surface area contributed by atoms with E-state index in [1.54, 1.807) is 12.1 Å². The molecule has 2 aromatic rings. The van der Waals surface area contributed by atoms with Crippen LogP contribution in [-0.2, 0) is 4.79 Å². The van der Waals surface area contributed by atoms with Crippen molar-refractivity contribution in [3.05, 3.63) is 47.2 Å². The quantitative estimate of drug-likeness (QED) is 0.613. The first kappa shape index (κ1) is 21.3. The van der Waals surface area contributed by atoms with Crippen LogP contribution in [0.3, 0.4) is 0 Å². The van der Waals surface area contributed by atoms with Crippen LogP contribution in [0, 0.1) is 5.92 Å². The number of aromatic nitrogens is 1. The second kappa shape index (κ2) is 8.57. The van der Waals surface area contributed by atoms with Gasteiger partial charge in [-0.25, -0.2) is 9.78 Å². The number of pyridine rings is 1. The molecular weight excluding hydrogens is 352 g/mol. The maximum Gasteiger partial charge on any atom is 0.335 e. The van der Waals surface area contributed by atoms with Crippen LogP contribution in [0.5, 0.6) is 0 Å². The Hall–Kier alpha value is 0.253. The van der Waals surface area contributed by atoms with Gasteiger partial charge in [0.1, 0.15) is 5.92 Å². The zero-order chi connectivity index (χ0) is 15.1. The monoisotopic (exact) mass is 361 g/mol. The third-order valence-corrected chi connectivity index (χ3v) is 3.35. The van der Waals surface area contributed by atoms with Gasteiger partial charge in [0.15, 0.2) is 5.78 Å². The van der Waals surface area contributed by atoms with Crippen molar-refractivity contribution in [2.75, 3.05) is 0 Å². The molecule has 1 aliphatic carbocycles. The molecule has 0 saturated heterocycles. The molecule has 0 bridgehead atoms. The molecule has 3 rings (SSSR count). The van der Waals surface area contributed by atoms with Gasteiger partial charge in [0.25, 0.3) is 0 Å². The molecule has 6 nitrogen and oxygen atoms in total. The molecule has 0 spiro atoms. The van der Waals surface area contributed by atoms with E-state index < -0.39 is 23.6 Å². The Morgan fingerprint density at radius 3 is 2.39 bits per heavy atom. The van der Waals surface area contributed by atoms with Gasteiger partial charge in [-0.3, -0.25) is 9.59 Å². The van der Waals surface area contributed by atoms with E-state index in [1.807, 2.05) is 0 Å². The Morgan fingerprint density at radius 2 is 1.78 bits per heavy atom. The fourth-order valence-corrected chi connectivity index (χ4v) is 2.28. The Balaban J connectivity index is 0.00000132. The van der Waals surface area contributed by atoms with Crippen LogP contribution in [0.4, 0.5) is 0 Å². The molecule has 106 valence electrons. The van der Waals surface area contributed by atoms with Gasteiger partial charge >= 0.3 is 11.9 Å². The standard InChI is InChI=1S/C15H9NO5.2K/c17-13-9(15(20)21)3-4-11-10(13)5-7-1-2-8(14(18)19)6-12(7)16-11;;/h1-6,9H,(H,18,19)(H,20,21);;. The minimum atomic E-state index is -1.21. The summed E-state index contributed by atoms with van der Waals surface area (Å²) < 4.78 is 0. The molecule has 8 heteroatoms. The molecule has 1 unspecified atom stereocenters. The summed E-state index contributed by atoms with van der Waals surface area (Å²) in [6.45, 7) is 0. The molecule has 0 fully saturated rings. The number of rotatable bonds is 2. The third kappa shape index (κ3) is 4.27. The molecule has 1 aliphatic rings. The number of carbonyl (C=O) groups excluding carboxylic acids is 1. The van der Waals surface area contributed by atoms with Crippen molar-refractivity contribution in [2.24, 2.45) is 5.92 Å². The number of carboxylic acid groups (broad SMARTS) is 2. The number of carbonyl (C=O) groups is 3. The first-order chi connectivity index (χ1) is 9.97. The zero-order valence-electron chi connectivity index (χ0n) is 12.6. The van der Waals surface area contributed by atoms with E-state index in [-0.39, 0.29) is 114 Å². The molecule has 1 aromatic heterocycles. The second-order valence-corrected chi connectivity index (χ2v) is 4.67. The predicted octanol–water partition coefficient (Wildman–Crippen LogP) is 1.08. The van der Waals surface area contributed by atoms with Gasteiger partial charge in [-0.2, -0.15) is 0 Å². The van der Waals surface area contributed by atoms with Gasteiger partial charge in [-0.1, -0.05) is 12.1 Å². The predicted molar refractivity (Wildman–Crippen MR) is 84.7 cm³/mol. The SMILES string of the molecule is O=C(O)c1ccc2cc3c(nc2c1)C=CC(C(=O)O)C3=O.[K].[K]. The number of hydrogen-bond acceptors (Lipinski definition) is 4. The molecule has 1 atom stereocenters. The molecule has 0 amide bonds. The minimum Gasteiger partial charge on any atom is -0.480 e. The third-order valence-electron chi connectivity index (χ3n) is 3.35. The first-order valence-corrected chi connectivity index (χ1v) is 6.10. The van der Waals surface area contributed by atoms with Crippen LogP contribution in [0.15, 0.2) is 30.3 Å². The van der Waals surface area contributed by atoms with Crippen molar-refractivity contribution < 1.29 is 24.6 Å². The van der Waals surface area contributed by atoms with Gasteiger partial charge < -0.3 is 10.2 Å². The Bertz CT molecular complexity index is 847. The zero-order valence-corrected chi connectivity index (χ0v) is 18.9. The van der Waals surface area contributed by atoms with Crippen LogP contribution >= 0.6 is 0 Å². The maximum atomic E-state index is 12.1. The van der Waals surface area contributed by atoms with Crippen molar-refractivity contribution in [1.82, 2.24) is 4.98 Å². The Kier molecular flexibility index (Phi) is 7.93. The van der Waals surface area contributed by atoms with E-state index in [2.05, 4.69) is 4.98 Å². The van der Waals surface area contributed by atoms with Crippen LogP contribution < -0.4 is 0 Å². The van der Waals surface area contributed by atoms with Gasteiger partial charge in [0.05, 0.1) is 16.8 Å². The van der Waals surface area contributed by atoms with Crippen molar-refractivity contribution >= 4 is 137 Å². The number of aliphatic carboxylic acids is 1. The van der Waals surface area contributed by atoms with Crippen molar-refractivity contribution in [3.8, 4) is 0 Å². The van der Waals surface area contributed by atoms with E-state index in [1.165, 1.54) is 24.3 Å². The summed E-state index contributed by atoms with van der Waals surface area (Å²) in [6.07, 6.45) is 2.76. The number of fused-ring (bicyclic) bond motifs is 2. The molecule has 2 radical (unpaired) electrons. The van der Waals surface area contributed by atoms with E-state index in [0.717, 1.165) is 0 Å². The van der Waals surface area contributed by atoms with Crippen molar-refractivity contribution in [2.45, 2.75) is 0 Å². The molecule has 0 saturated carbocycles. The summed E-state index contributed by atoms with van der Waals surface area (Å²) in [6, 6.07) is 5.93. The number of benzene rings is 1. The number of nitrogens with zero attached hydrogens (tertiary/aromatic N) is 1. The van der Waals surface area contributed by atoms with Gasteiger partial charge in [-0.15, -0.1) is 0 Å². The van der Waals surface area contributed by atoms with Crippen LogP contribution in [0.25, 0.3) is 17.0 Å². The van der Waals surface area contributed by atoms with Gasteiger partial charge in [-0.05, 0) is 24.3 Å². The molecule has 23 heavy (non-hydrogen) atoms. The Labute approximate surface area is 216 Å². The summed E-state index contributed by atoms with van der Waals surface area (Å²) in [4.78, 5) is 38.3. The summed E-state index contributed by atoms with van der Waals surface area (Å²) in [7, 11) is 0. The summed E-state index contributed by atoms with van der Waals surface area (Å²) in [5, 5.41) is 18.5. The number of Topliss-reactive ketones (excluding diaryl/α,β-unsaturated/α-hetero) is 1. The van der Waals surface area contributed by atoms with E-state index in [9.17, 15) is 14.4 Å². The smallest absolute Gasteiger partial charge is 0.335 e. The summed E-state index contributed by atoms with van der Waals surface area (Å²) in [5.41, 5.74) is 1.14. The fourth-order valence-electron chi connectivity index (χ4n) is 2.28. The summed E-state index contributed by atoms with van der Waals surface area (Å²) in [5.74, 6) is -3.98. The average Bonchev–Trinajstić information content (AvgIpc) is 2.45. The first-order valence-electron chi connectivity index (χ1n) is 6.10. The average molecular weight is 361 g/mol. The second-order valence-electron chi connectivity index (χ2n) is 4.67. The van der Waals surface area contributed by atoms with Crippen LogP contribution in [0.1, 0.15) is 26.4 Å². The number of carboxylic acids is 2. The number of ketones is 1. The summed E-state index contributed by atoms with van der Waals surface area (Å²) >= 11 is 0. The molecular formula is C15H9K2NO5. The molecule has 1 aromatic carbocycles. The molecule has 0 aliphatic heterocycles. The van der Waals surface area contributed by atoms with E-state index in [4.69, 9.17) is 10.2 Å². The maximum absolute atomic E-state index is 12.1. The number of aromatic carboxylic acids is 1. The van der Waals surface area contributed by atoms with Crippen molar-refractivity contribution in [1.29, 1.82) is 0 Å².